The summed E-state index contributed by atoms with van der Waals surface area (Å²) in [5.41, 5.74) is -1.26. The molecule has 10 heteroatoms. The molecule has 33 heavy (non-hydrogen) atoms. The Balaban J connectivity index is 1.31. The SMILES string of the molecule is C[C@@]1(c2ccc(F)c(F)c2)NC(=O)N(CN2CCN(CC(=O)N3CCCCCC3)CC2)C1=O. The number of hydrogen-bond donors (Lipinski definition) is 1. The smallest absolute Gasteiger partial charge is 0.326 e. The van der Waals surface area contributed by atoms with Gasteiger partial charge in [-0.3, -0.25) is 19.4 Å². The van der Waals surface area contributed by atoms with Crippen molar-refractivity contribution in [2.75, 3.05) is 52.5 Å². The molecule has 3 saturated heterocycles. The van der Waals surface area contributed by atoms with E-state index in [1.807, 2.05) is 9.80 Å². The molecule has 0 aliphatic carbocycles. The Hall–Kier alpha value is -2.59. The van der Waals surface area contributed by atoms with Crippen LogP contribution in [0.15, 0.2) is 18.2 Å². The fraction of sp³-hybridized carbons (Fsp3) is 0.609. The second kappa shape index (κ2) is 9.72. The van der Waals surface area contributed by atoms with Crippen LogP contribution in [-0.2, 0) is 15.1 Å². The maximum Gasteiger partial charge on any atom is 0.326 e. The molecule has 0 bridgehead atoms. The van der Waals surface area contributed by atoms with Gasteiger partial charge in [-0.2, -0.15) is 0 Å². The maximum absolute atomic E-state index is 13.7. The second-order valence-corrected chi connectivity index (χ2v) is 9.25. The first-order chi connectivity index (χ1) is 15.8. The maximum atomic E-state index is 13.7. The minimum Gasteiger partial charge on any atom is -0.342 e. The number of nitrogens with one attached hydrogen (secondary N) is 1. The van der Waals surface area contributed by atoms with Gasteiger partial charge in [-0.25, -0.2) is 18.5 Å². The number of hydrogen-bond acceptors (Lipinski definition) is 5. The van der Waals surface area contributed by atoms with Crippen LogP contribution in [0.5, 0.6) is 0 Å². The zero-order valence-electron chi connectivity index (χ0n) is 19.0. The van der Waals surface area contributed by atoms with Crippen molar-refractivity contribution in [3.8, 4) is 0 Å². The first-order valence-corrected chi connectivity index (χ1v) is 11.6. The van der Waals surface area contributed by atoms with Crippen LogP contribution in [0.25, 0.3) is 0 Å². The number of carbonyl (C=O) groups excluding carboxylic acids is 3. The third-order valence-corrected chi connectivity index (χ3v) is 6.90. The van der Waals surface area contributed by atoms with Crippen molar-refractivity contribution in [3.05, 3.63) is 35.4 Å². The number of halogens is 2. The summed E-state index contributed by atoms with van der Waals surface area (Å²) < 4.78 is 27.0. The Labute approximate surface area is 192 Å². The third kappa shape index (κ3) is 5.01. The molecule has 3 heterocycles. The summed E-state index contributed by atoms with van der Waals surface area (Å²) >= 11 is 0. The molecule has 8 nitrogen and oxygen atoms in total. The van der Waals surface area contributed by atoms with E-state index in [2.05, 4.69) is 10.2 Å². The second-order valence-electron chi connectivity index (χ2n) is 9.25. The molecule has 0 spiro atoms. The number of nitrogens with zero attached hydrogens (tertiary/aromatic N) is 4. The van der Waals surface area contributed by atoms with Crippen LogP contribution in [0, 0.1) is 11.6 Å². The van der Waals surface area contributed by atoms with Crippen LogP contribution < -0.4 is 5.32 Å². The summed E-state index contributed by atoms with van der Waals surface area (Å²) in [5.74, 6) is -2.41. The molecule has 1 N–H and O–H groups in total. The summed E-state index contributed by atoms with van der Waals surface area (Å²) in [6, 6.07) is 2.63. The van der Waals surface area contributed by atoms with E-state index in [-0.39, 0.29) is 18.1 Å². The van der Waals surface area contributed by atoms with E-state index in [1.165, 1.54) is 25.8 Å². The largest absolute Gasteiger partial charge is 0.342 e. The van der Waals surface area contributed by atoms with Crippen LogP contribution in [0.4, 0.5) is 13.6 Å². The molecule has 0 radical (unpaired) electrons. The van der Waals surface area contributed by atoms with E-state index < -0.39 is 29.1 Å². The fourth-order valence-electron chi connectivity index (χ4n) is 4.73. The van der Waals surface area contributed by atoms with E-state index >= 15 is 0 Å². The van der Waals surface area contributed by atoms with Gasteiger partial charge in [0.2, 0.25) is 5.91 Å². The van der Waals surface area contributed by atoms with Crippen molar-refractivity contribution in [3.63, 3.8) is 0 Å². The van der Waals surface area contributed by atoms with Gasteiger partial charge in [0.15, 0.2) is 11.6 Å². The molecule has 4 rings (SSSR count). The summed E-state index contributed by atoms with van der Waals surface area (Å²) in [6.07, 6.45) is 4.49. The number of piperazine rings is 1. The van der Waals surface area contributed by atoms with Gasteiger partial charge in [0, 0.05) is 39.3 Å². The number of carbonyl (C=O) groups is 3. The van der Waals surface area contributed by atoms with E-state index in [0.717, 1.165) is 43.0 Å². The molecular weight excluding hydrogens is 432 g/mol. The summed E-state index contributed by atoms with van der Waals surface area (Å²) in [4.78, 5) is 45.4. The van der Waals surface area contributed by atoms with Gasteiger partial charge in [0.25, 0.3) is 5.91 Å². The highest BCUT2D eigenvalue weighted by atomic mass is 19.2. The Morgan fingerprint density at radius 2 is 1.58 bits per heavy atom. The monoisotopic (exact) mass is 463 g/mol. The standard InChI is InChI=1S/C23H31F2N5O3/c1-23(17-6-7-18(24)19(25)14-17)21(32)30(22(33)26-23)16-28-12-10-27(11-13-28)15-20(31)29-8-4-2-3-5-9-29/h6-7,14H,2-5,8-13,15-16H2,1H3,(H,26,33)/t23-/m0/s1. The van der Waals surface area contributed by atoms with Crippen molar-refractivity contribution < 1.29 is 23.2 Å². The van der Waals surface area contributed by atoms with Gasteiger partial charge >= 0.3 is 6.03 Å². The zero-order chi connectivity index (χ0) is 23.6. The minimum absolute atomic E-state index is 0.109. The topological polar surface area (TPSA) is 76.2 Å². The van der Waals surface area contributed by atoms with Crippen LogP contribution >= 0.6 is 0 Å². The van der Waals surface area contributed by atoms with Gasteiger partial charge in [0.1, 0.15) is 5.54 Å². The van der Waals surface area contributed by atoms with Crippen molar-refractivity contribution in [1.82, 2.24) is 24.9 Å². The van der Waals surface area contributed by atoms with Crippen molar-refractivity contribution in [1.29, 1.82) is 0 Å². The Morgan fingerprint density at radius 1 is 0.939 bits per heavy atom. The van der Waals surface area contributed by atoms with Gasteiger partial charge < -0.3 is 10.2 Å². The molecular formula is C23H31F2N5O3. The summed E-state index contributed by atoms with van der Waals surface area (Å²) in [7, 11) is 0. The lowest BCUT2D eigenvalue weighted by atomic mass is 9.92. The highest BCUT2D eigenvalue weighted by molar-refractivity contribution is 6.07. The molecule has 0 unspecified atom stereocenters. The van der Waals surface area contributed by atoms with Gasteiger partial charge in [-0.15, -0.1) is 0 Å². The van der Waals surface area contributed by atoms with E-state index in [0.29, 0.717) is 32.7 Å². The number of amides is 4. The van der Waals surface area contributed by atoms with Crippen LogP contribution in [-0.4, -0.2) is 89.9 Å². The molecule has 4 amide bonds. The molecule has 0 saturated carbocycles. The van der Waals surface area contributed by atoms with Crippen LogP contribution in [0.2, 0.25) is 0 Å². The molecule has 1 atom stereocenters. The minimum atomic E-state index is -1.45. The van der Waals surface area contributed by atoms with E-state index in [1.54, 1.807) is 0 Å². The molecule has 3 aliphatic heterocycles. The van der Waals surface area contributed by atoms with Gasteiger partial charge in [-0.05, 0) is 37.5 Å². The lowest BCUT2D eigenvalue weighted by molar-refractivity contribution is -0.133. The molecule has 1 aromatic carbocycles. The summed E-state index contributed by atoms with van der Waals surface area (Å²) in [5, 5.41) is 2.62. The quantitative estimate of drug-likeness (QED) is 0.673. The van der Waals surface area contributed by atoms with Crippen molar-refractivity contribution in [2.24, 2.45) is 0 Å². The average molecular weight is 464 g/mol. The lowest BCUT2D eigenvalue weighted by Crippen LogP contribution is -2.53. The normalized spacial score (nSPS) is 25.3. The number of likely N-dealkylation sites (tertiary alicyclic amines) is 1. The zero-order valence-corrected chi connectivity index (χ0v) is 19.0. The Bertz CT molecular complexity index is 913. The Kier molecular flexibility index (Phi) is 6.94. The number of benzene rings is 1. The average Bonchev–Trinajstić information content (AvgIpc) is 2.99. The Morgan fingerprint density at radius 3 is 2.21 bits per heavy atom. The van der Waals surface area contributed by atoms with Crippen molar-refractivity contribution >= 4 is 17.8 Å². The molecule has 180 valence electrons. The highest BCUT2D eigenvalue weighted by Crippen LogP contribution is 2.30. The van der Waals surface area contributed by atoms with Crippen molar-refractivity contribution in [2.45, 2.75) is 38.1 Å². The first kappa shape index (κ1) is 23.6. The fourth-order valence-corrected chi connectivity index (χ4v) is 4.73. The predicted octanol–water partition coefficient (Wildman–Crippen LogP) is 1.71. The molecule has 3 fully saturated rings. The number of urea groups is 1. The molecule has 1 aromatic rings. The number of imide groups is 1. The van der Waals surface area contributed by atoms with Crippen LogP contribution in [0.3, 0.4) is 0 Å². The van der Waals surface area contributed by atoms with E-state index in [9.17, 15) is 23.2 Å². The third-order valence-electron chi connectivity index (χ3n) is 6.90. The van der Waals surface area contributed by atoms with Gasteiger partial charge in [-0.1, -0.05) is 18.9 Å². The van der Waals surface area contributed by atoms with E-state index in [4.69, 9.17) is 0 Å². The molecule has 3 aliphatic rings. The van der Waals surface area contributed by atoms with Crippen LogP contribution in [0.1, 0.15) is 38.2 Å². The highest BCUT2D eigenvalue weighted by Gasteiger charge is 2.49. The predicted molar refractivity (Wildman–Crippen MR) is 117 cm³/mol. The van der Waals surface area contributed by atoms with Gasteiger partial charge in [0.05, 0.1) is 13.2 Å². The number of rotatable bonds is 5. The molecule has 0 aromatic heterocycles. The first-order valence-electron chi connectivity index (χ1n) is 11.6. The lowest BCUT2D eigenvalue weighted by Gasteiger charge is -2.36. The summed E-state index contributed by atoms with van der Waals surface area (Å²) in [6.45, 7) is 6.24.